The predicted octanol–water partition coefficient (Wildman–Crippen LogP) is 2.85. The molecule has 0 radical (unpaired) electrons. The Bertz CT molecular complexity index is 262. The van der Waals surface area contributed by atoms with Crippen molar-refractivity contribution in [3.63, 3.8) is 0 Å². The van der Waals surface area contributed by atoms with Gasteiger partial charge in [0.25, 0.3) is 0 Å². The van der Waals surface area contributed by atoms with E-state index in [1.807, 2.05) is 34.7 Å². The third kappa shape index (κ3) is 7.71. The number of Topliss-reactive ketones (excluding diaryl/α,β-unsaturated/α-hetero) is 1. The molecule has 17 heavy (non-hydrogen) atoms. The lowest BCUT2D eigenvalue weighted by Crippen LogP contribution is -2.37. The van der Waals surface area contributed by atoms with Crippen molar-refractivity contribution in [1.82, 2.24) is 4.90 Å². The Labute approximate surface area is 112 Å². The number of ketones is 1. The molecule has 100 valence electrons. The van der Waals surface area contributed by atoms with Gasteiger partial charge < -0.3 is 4.90 Å². The van der Waals surface area contributed by atoms with E-state index >= 15 is 0 Å². The van der Waals surface area contributed by atoms with Gasteiger partial charge >= 0.3 is 0 Å². The van der Waals surface area contributed by atoms with E-state index in [0.717, 1.165) is 12.3 Å². The maximum absolute atomic E-state index is 11.8. The Morgan fingerprint density at radius 1 is 1.18 bits per heavy atom. The summed E-state index contributed by atoms with van der Waals surface area (Å²) in [5, 5.41) is 0. The minimum absolute atomic E-state index is 0.160. The van der Waals surface area contributed by atoms with Gasteiger partial charge in [0.2, 0.25) is 5.91 Å². The third-order valence-electron chi connectivity index (χ3n) is 2.20. The number of carbonyl (C=O) groups excluding carboxylic acids is 2. The van der Waals surface area contributed by atoms with Gasteiger partial charge in [-0.25, -0.2) is 0 Å². The molecular formula is C12H23NO2S2. The van der Waals surface area contributed by atoms with Crippen molar-refractivity contribution in [1.29, 1.82) is 0 Å². The fourth-order valence-corrected chi connectivity index (χ4v) is 3.22. The molecule has 0 aliphatic carbocycles. The summed E-state index contributed by atoms with van der Waals surface area (Å²) in [4.78, 5) is 24.6. The van der Waals surface area contributed by atoms with Gasteiger partial charge in [-0.05, 0) is 0 Å². The molecule has 0 atom stereocenters. The number of amides is 1. The molecule has 0 aliphatic rings. The van der Waals surface area contributed by atoms with Crippen LogP contribution in [0.2, 0.25) is 0 Å². The van der Waals surface area contributed by atoms with Crippen LogP contribution in [0, 0.1) is 5.41 Å². The van der Waals surface area contributed by atoms with E-state index in [9.17, 15) is 9.59 Å². The third-order valence-corrected chi connectivity index (χ3v) is 4.51. The number of hydrogen-bond donors (Lipinski definition) is 0. The van der Waals surface area contributed by atoms with E-state index in [-0.39, 0.29) is 17.1 Å². The molecule has 0 saturated heterocycles. The number of carbonyl (C=O) groups is 2. The van der Waals surface area contributed by atoms with Gasteiger partial charge in [0.05, 0.1) is 5.75 Å². The van der Waals surface area contributed by atoms with E-state index < -0.39 is 0 Å². The van der Waals surface area contributed by atoms with Crippen LogP contribution in [0.5, 0.6) is 0 Å². The molecule has 0 saturated carbocycles. The molecule has 5 heteroatoms. The second kappa shape index (κ2) is 8.03. The molecule has 0 bridgehead atoms. The van der Waals surface area contributed by atoms with Gasteiger partial charge in [-0.3, -0.25) is 9.59 Å². The zero-order valence-electron chi connectivity index (χ0n) is 11.4. The molecule has 3 nitrogen and oxygen atoms in total. The fourth-order valence-electron chi connectivity index (χ4n) is 1.12. The van der Waals surface area contributed by atoms with Crippen molar-refractivity contribution in [2.75, 3.05) is 25.1 Å². The standard InChI is InChI=1S/C12H23NO2S2/c1-6-10(14)9-17-16-8-7-13(5)11(15)12(2,3)4/h6-9H2,1-5H3. The smallest absolute Gasteiger partial charge is 0.227 e. The lowest BCUT2D eigenvalue weighted by atomic mass is 9.95. The highest BCUT2D eigenvalue weighted by Crippen LogP contribution is 2.22. The van der Waals surface area contributed by atoms with E-state index in [4.69, 9.17) is 0 Å². The molecule has 0 unspecified atom stereocenters. The molecular weight excluding hydrogens is 254 g/mol. The first-order chi connectivity index (χ1) is 7.79. The average molecular weight is 277 g/mol. The fraction of sp³-hybridized carbons (Fsp3) is 0.833. The maximum atomic E-state index is 11.8. The molecule has 1 amide bonds. The summed E-state index contributed by atoms with van der Waals surface area (Å²) in [6.45, 7) is 8.38. The van der Waals surface area contributed by atoms with Crippen LogP contribution in [-0.4, -0.2) is 41.7 Å². The second-order valence-electron chi connectivity index (χ2n) is 4.95. The van der Waals surface area contributed by atoms with Gasteiger partial charge in [0.15, 0.2) is 0 Å². The Morgan fingerprint density at radius 3 is 2.24 bits per heavy atom. The van der Waals surface area contributed by atoms with Crippen molar-refractivity contribution in [2.45, 2.75) is 34.1 Å². The Hall–Kier alpha value is -0.160. The molecule has 0 fully saturated rings. The number of nitrogens with zero attached hydrogens (tertiary/aromatic N) is 1. The summed E-state index contributed by atoms with van der Waals surface area (Å²) in [5.74, 6) is 1.87. The maximum Gasteiger partial charge on any atom is 0.227 e. The number of hydrogen-bond acceptors (Lipinski definition) is 4. The monoisotopic (exact) mass is 277 g/mol. The minimum Gasteiger partial charge on any atom is -0.344 e. The molecule has 0 aromatic rings. The highest BCUT2D eigenvalue weighted by Gasteiger charge is 2.24. The Balaban J connectivity index is 3.69. The molecule has 0 N–H and O–H groups in total. The van der Waals surface area contributed by atoms with Crippen LogP contribution in [0.1, 0.15) is 34.1 Å². The van der Waals surface area contributed by atoms with Crippen molar-refractivity contribution in [2.24, 2.45) is 5.41 Å². The summed E-state index contributed by atoms with van der Waals surface area (Å²) >= 11 is 0. The van der Waals surface area contributed by atoms with E-state index in [1.165, 1.54) is 0 Å². The minimum atomic E-state index is -0.315. The average Bonchev–Trinajstić information content (AvgIpc) is 2.25. The van der Waals surface area contributed by atoms with Crippen LogP contribution in [0.25, 0.3) is 0 Å². The summed E-state index contributed by atoms with van der Waals surface area (Å²) in [6, 6.07) is 0. The largest absolute Gasteiger partial charge is 0.344 e. The highest BCUT2D eigenvalue weighted by molar-refractivity contribution is 8.76. The van der Waals surface area contributed by atoms with E-state index in [0.29, 0.717) is 12.2 Å². The number of rotatable bonds is 7. The van der Waals surface area contributed by atoms with Gasteiger partial charge in [0.1, 0.15) is 5.78 Å². The van der Waals surface area contributed by atoms with Crippen LogP contribution >= 0.6 is 21.6 Å². The summed E-state index contributed by atoms with van der Waals surface area (Å²) < 4.78 is 0. The lowest BCUT2D eigenvalue weighted by Gasteiger charge is -2.25. The zero-order chi connectivity index (χ0) is 13.5. The molecule has 0 aromatic heterocycles. The quantitative estimate of drug-likeness (QED) is 0.530. The molecule has 0 heterocycles. The highest BCUT2D eigenvalue weighted by atomic mass is 33.1. The molecule has 0 rings (SSSR count). The summed E-state index contributed by atoms with van der Waals surface area (Å²) in [6.07, 6.45) is 0.607. The SMILES string of the molecule is CCC(=O)CSSCCN(C)C(=O)C(C)(C)C. The van der Waals surface area contributed by atoms with Crippen LogP contribution in [-0.2, 0) is 9.59 Å². The van der Waals surface area contributed by atoms with Crippen molar-refractivity contribution < 1.29 is 9.59 Å². The zero-order valence-corrected chi connectivity index (χ0v) is 13.0. The molecule has 0 aliphatic heterocycles. The normalized spacial score (nSPS) is 11.4. The summed E-state index contributed by atoms with van der Waals surface area (Å²) in [7, 11) is 5.06. The van der Waals surface area contributed by atoms with Crippen molar-refractivity contribution in [3.8, 4) is 0 Å². The first-order valence-corrected chi connectivity index (χ1v) is 8.29. The topological polar surface area (TPSA) is 37.4 Å². The Morgan fingerprint density at radius 2 is 1.76 bits per heavy atom. The van der Waals surface area contributed by atoms with Crippen LogP contribution in [0.15, 0.2) is 0 Å². The summed E-state index contributed by atoms with van der Waals surface area (Å²) in [5.41, 5.74) is -0.315. The molecule has 0 spiro atoms. The van der Waals surface area contributed by atoms with Crippen molar-refractivity contribution >= 4 is 33.3 Å². The van der Waals surface area contributed by atoms with Gasteiger partial charge in [0, 0.05) is 31.2 Å². The van der Waals surface area contributed by atoms with E-state index in [2.05, 4.69) is 0 Å². The van der Waals surface area contributed by atoms with Gasteiger partial charge in [-0.1, -0.05) is 49.3 Å². The Kier molecular flexibility index (Phi) is 7.96. The van der Waals surface area contributed by atoms with Gasteiger partial charge in [-0.2, -0.15) is 0 Å². The molecule has 0 aromatic carbocycles. The second-order valence-corrected chi connectivity index (χ2v) is 7.54. The van der Waals surface area contributed by atoms with Gasteiger partial charge in [-0.15, -0.1) is 0 Å². The van der Waals surface area contributed by atoms with Crippen LogP contribution in [0.4, 0.5) is 0 Å². The van der Waals surface area contributed by atoms with E-state index in [1.54, 1.807) is 26.5 Å². The lowest BCUT2D eigenvalue weighted by molar-refractivity contribution is -0.137. The van der Waals surface area contributed by atoms with Crippen LogP contribution in [0.3, 0.4) is 0 Å². The van der Waals surface area contributed by atoms with Crippen molar-refractivity contribution in [3.05, 3.63) is 0 Å². The van der Waals surface area contributed by atoms with Crippen LogP contribution < -0.4 is 0 Å². The first-order valence-electron chi connectivity index (χ1n) is 5.80. The predicted molar refractivity (Wildman–Crippen MR) is 77.3 cm³/mol. The first kappa shape index (κ1) is 16.8.